The molecule has 0 radical (unpaired) electrons. The molecule has 8 heteroatoms. The number of nitrogens with zero attached hydrogens (tertiary/aromatic N) is 2. The fourth-order valence-electron chi connectivity index (χ4n) is 3.37. The highest BCUT2D eigenvalue weighted by atomic mass is 79.9. The molecule has 152 valence electrons. The van der Waals surface area contributed by atoms with Crippen molar-refractivity contribution in [2.75, 3.05) is 36.5 Å². The Labute approximate surface area is 185 Å². The Kier molecular flexibility index (Phi) is 5.28. The van der Waals surface area contributed by atoms with Gasteiger partial charge in [-0.25, -0.2) is 4.98 Å². The van der Waals surface area contributed by atoms with Crippen LogP contribution in [0, 0.1) is 0 Å². The van der Waals surface area contributed by atoms with Gasteiger partial charge in [0.1, 0.15) is 5.76 Å². The summed E-state index contributed by atoms with van der Waals surface area (Å²) in [6.07, 6.45) is 0. The topological polar surface area (TPSA) is 67.6 Å². The van der Waals surface area contributed by atoms with Crippen molar-refractivity contribution in [3.8, 4) is 11.3 Å². The molecule has 0 unspecified atom stereocenters. The summed E-state index contributed by atoms with van der Waals surface area (Å²) < 4.78 is 13.2. The molecule has 1 fully saturated rings. The Morgan fingerprint density at radius 1 is 1.07 bits per heavy atom. The van der Waals surface area contributed by atoms with Gasteiger partial charge in [0.15, 0.2) is 10.9 Å². The average Bonchev–Trinajstić information content (AvgIpc) is 3.41. The van der Waals surface area contributed by atoms with Crippen LogP contribution in [0.1, 0.15) is 10.6 Å². The van der Waals surface area contributed by atoms with E-state index in [4.69, 9.17) is 9.15 Å². The summed E-state index contributed by atoms with van der Waals surface area (Å²) in [5.41, 5.74) is 2.92. The van der Waals surface area contributed by atoms with Crippen LogP contribution < -0.4 is 10.2 Å². The van der Waals surface area contributed by atoms with E-state index in [9.17, 15) is 4.79 Å². The summed E-state index contributed by atoms with van der Waals surface area (Å²) in [5.74, 6) is 0.583. The lowest BCUT2D eigenvalue weighted by Gasteiger charge is -2.28. The number of thiazole rings is 1. The number of furan rings is 1. The molecule has 1 saturated heterocycles. The molecule has 1 amide bonds. The van der Waals surface area contributed by atoms with Crippen molar-refractivity contribution in [3.05, 3.63) is 64.8 Å². The highest BCUT2D eigenvalue weighted by Crippen LogP contribution is 2.31. The Morgan fingerprint density at radius 3 is 2.67 bits per heavy atom. The molecular formula is C22H18BrN3O3S. The number of aromatic nitrogens is 1. The van der Waals surface area contributed by atoms with Gasteiger partial charge in [-0.3, -0.25) is 10.1 Å². The normalized spacial score (nSPS) is 14.2. The van der Waals surface area contributed by atoms with Crippen LogP contribution in [-0.2, 0) is 4.74 Å². The van der Waals surface area contributed by atoms with E-state index in [0.29, 0.717) is 10.9 Å². The van der Waals surface area contributed by atoms with E-state index in [2.05, 4.69) is 43.3 Å². The number of anilines is 2. The van der Waals surface area contributed by atoms with Gasteiger partial charge < -0.3 is 14.1 Å². The third-order valence-corrected chi connectivity index (χ3v) is 6.39. The average molecular weight is 484 g/mol. The number of halogens is 1. The molecule has 0 bridgehead atoms. The van der Waals surface area contributed by atoms with Gasteiger partial charge in [-0.1, -0.05) is 39.4 Å². The predicted molar refractivity (Wildman–Crippen MR) is 122 cm³/mol. The largest absolute Gasteiger partial charge is 0.451 e. The van der Waals surface area contributed by atoms with Crippen LogP contribution in [0.2, 0.25) is 0 Å². The second-order valence-electron chi connectivity index (χ2n) is 6.90. The van der Waals surface area contributed by atoms with E-state index >= 15 is 0 Å². The molecule has 1 N–H and O–H groups in total. The predicted octanol–water partition coefficient (Wildman–Crippen LogP) is 5.41. The number of carbonyl (C=O) groups is 1. The molecule has 3 heterocycles. The molecule has 0 saturated carbocycles. The molecule has 5 rings (SSSR count). The lowest BCUT2D eigenvalue weighted by atomic mass is 10.2. The smallest absolute Gasteiger partial charge is 0.293 e. The van der Waals surface area contributed by atoms with E-state index in [1.54, 1.807) is 12.1 Å². The van der Waals surface area contributed by atoms with Crippen LogP contribution in [0.5, 0.6) is 0 Å². The van der Waals surface area contributed by atoms with Gasteiger partial charge in [0, 0.05) is 28.8 Å². The minimum atomic E-state index is -0.314. The number of carbonyl (C=O) groups excluding carboxylic acids is 1. The van der Waals surface area contributed by atoms with Crippen LogP contribution in [0.15, 0.2) is 63.5 Å². The van der Waals surface area contributed by atoms with Gasteiger partial charge >= 0.3 is 0 Å². The molecule has 0 atom stereocenters. The molecule has 0 aliphatic carbocycles. The zero-order valence-electron chi connectivity index (χ0n) is 15.9. The van der Waals surface area contributed by atoms with Crippen molar-refractivity contribution in [1.82, 2.24) is 4.98 Å². The molecule has 2 aromatic carbocycles. The number of hydrogen-bond donors (Lipinski definition) is 1. The van der Waals surface area contributed by atoms with Crippen molar-refractivity contribution in [2.45, 2.75) is 0 Å². The monoisotopic (exact) mass is 483 g/mol. The summed E-state index contributed by atoms with van der Waals surface area (Å²) in [7, 11) is 0. The van der Waals surface area contributed by atoms with Crippen LogP contribution in [0.4, 0.5) is 10.8 Å². The number of fused-ring (bicyclic) bond motifs is 1. The molecular weight excluding hydrogens is 466 g/mol. The zero-order chi connectivity index (χ0) is 20.5. The maximum absolute atomic E-state index is 12.6. The summed E-state index contributed by atoms with van der Waals surface area (Å²) in [6, 6.07) is 17.4. The maximum Gasteiger partial charge on any atom is 0.293 e. The first-order valence-corrected chi connectivity index (χ1v) is 11.2. The molecule has 1 aliphatic rings. The third kappa shape index (κ3) is 3.98. The highest BCUT2D eigenvalue weighted by molar-refractivity contribution is 9.10. The molecule has 4 aromatic rings. The number of nitrogens with one attached hydrogen (secondary N) is 1. The van der Waals surface area contributed by atoms with Crippen molar-refractivity contribution < 1.29 is 13.9 Å². The van der Waals surface area contributed by atoms with Crippen molar-refractivity contribution in [1.29, 1.82) is 0 Å². The SMILES string of the molecule is O=C(Nc1nc2ccc(N3CCOCC3)cc2s1)c1ccc(-c2ccc(Br)cc2)o1. The van der Waals surface area contributed by atoms with Gasteiger partial charge in [-0.05, 0) is 42.5 Å². The third-order valence-electron chi connectivity index (χ3n) is 4.93. The van der Waals surface area contributed by atoms with Crippen molar-refractivity contribution in [2.24, 2.45) is 0 Å². The first-order chi connectivity index (χ1) is 14.7. The number of amides is 1. The molecule has 2 aromatic heterocycles. The Bertz CT molecular complexity index is 1200. The Balaban J connectivity index is 1.32. The summed E-state index contributed by atoms with van der Waals surface area (Å²) >= 11 is 4.87. The second-order valence-corrected chi connectivity index (χ2v) is 8.84. The number of hydrogen-bond acceptors (Lipinski definition) is 6. The number of morpholine rings is 1. The van der Waals surface area contributed by atoms with Crippen LogP contribution in [-0.4, -0.2) is 37.2 Å². The standard InChI is InChI=1S/C22H18BrN3O3S/c23-15-3-1-14(2-4-15)18-7-8-19(29-18)21(27)25-22-24-17-6-5-16(13-20(17)30-22)26-9-11-28-12-10-26/h1-8,13H,9-12H2,(H,24,25,27). The molecule has 6 nitrogen and oxygen atoms in total. The van der Waals surface area contributed by atoms with Crippen LogP contribution in [0.3, 0.4) is 0 Å². The zero-order valence-corrected chi connectivity index (χ0v) is 18.3. The lowest BCUT2D eigenvalue weighted by Crippen LogP contribution is -2.36. The molecule has 0 spiro atoms. The van der Waals surface area contributed by atoms with Crippen molar-refractivity contribution >= 4 is 54.2 Å². The first-order valence-electron chi connectivity index (χ1n) is 9.56. The quantitative estimate of drug-likeness (QED) is 0.420. The first kappa shape index (κ1) is 19.3. The van der Waals surface area contributed by atoms with E-state index in [0.717, 1.165) is 52.2 Å². The molecule has 30 heavy (non-hydrogen) atoms. The van der Waals surface area contributed by atoms with Gasteiger partial charge in [0.05, 0.1) is 23.4 Å². The number of benzene rings is 2. The lowest BCUT2D eigenvalue weighted by molar-refractivity contribution is 0.0997. The fraction of sp³-hybridized carbons (Fsp3) is 0.182. The fourth-order valence-corrected chi connectivity index (χ4v) is 4.53. The second kappa shape index (κ2) is 8.22. The van der Waals surface area contributed by atoms with E-state index in [1.165, 1.54) is 11.3 Å². The van der Waals surface area contributed by atoms with Gasteiger partial charge in [0.2, 0.25) is 0 Å². The van der Waals surface area contributed by atoms with E-state index in [1.807, 2.05) is 30.3 Å². The van der Waals surface area contributed by atoms with Gasteiger partial charge in [-0.15, -0.1) is 0 Å². The summed E-state index contributed by atoms with van der Waals surface area (Å²) in [6.45, 7) is 3.25. The molecule has 1 aliphatic heterocycles. The van der Waals surface area contributed by atoms with Gasteiger partial charge in [-0.2, -0.15) is 0 Å². The minimum absolute atomic E-state index is 0.251. The number of ether oxygens (including phenoxy) is 1. The number of rotatable bonds is 4. The van der Waals surface area contributed by atoms with Gasteiger partial charge in [0.25, 0.3) is 5.91 Å². The van der Waals surface area contributed by atoms with Crippen LogP contribution in [0.25, 0.3) is 21.5 Å². The summed E-state index contributed by atoms with van der Waals surface area (Å²) in [5, 5.41) is 3.41. The van der Waals surface area contributed by atoms with E-state index in [-0.39, 0.29) is 11.7 Å². The Morgan fingerprint density at radius 2 is 1.87 bits per heavy atom. The minimum Gasteiger partial charge on any atom is -0.451 e. The maximum atomic E-state index is 12.6. The highest BCUT2D eigenvalue weighted by Gasteiger charge is 2.16. The van der Waals surface area contributed by atoms with Crippen LogP contribution >= 0.6 is 27.3 Å². The summed E-state index contributed by atoms with van der Waals surface area (Å²) in [4.78, 5) is 19.5. The van der Waals surface area contributed by atoms with E-state index < -0.39 is 0 Å². The van der Waals surface area contributed by atoms with Crippen molar-refractivity contribution in [3.63, 3.8) is 0 Å². The Hall–Kier alpha value is -2.68.